The number of ether oxygens (including phenoxy) is 1. The number of carbonyl (C=O) groups is 2. The molecular weight excluding hydrogens is 815 g/mol. The van der Waals surface area contributed by atoms with Gasteiger partial charge in [0.05, 0.1) is 25.2 Å². The van der Waals surface area contributed by atoms with Crippen molar-refractivity contribution in [3.05, 3.63) is 97.2 Å². The van der Waals surface area contributed by atoms with Crippen LogP contribution in [0, 0.1) is 0 Å². The number of aliphatic hydroxyl groups excluding tert-OH is 2. The second-order valence-corrected chi connectivity index (χ2v) is 18.3. The van der Waals surface area contributed by atoms with Crippen LogP contribution in [0.25, 0.3) is 0 Å². The molecule has 0 saturated carbocycles. The van der Waals surface area contributed by atoms with Gasteiger partial charge in [-0.2, -0.15) is 0 Å². The van der Waals surface area contributed by atoms with Crippen molar-refractivity contribution in [3.63, 3.8) is 0 Å². The van der Waals surface area contributed by atoms with E-state index < -0.39 is 18.2 Å². The molecular formula is C60H103NO5. The molecule has 3 unspecified atom stereocenters. The summed E-state index contributed by atoms with van der Waals surface area (Å²) < 4.78 is 5.92. The molecule has 0 aromatic heterocycles. The predicted octanol–water partition coefficient (Wildman–Crippen LogP) is 16.9. The molecule has 66 heavy (non-hydrogen) atoms. The molecule has 1 amide bonds. The van der Waals surface area contributed by atoms with Gasteiger partial charge in [0.25, 0.3) is 0 Å². The third-order valence-electron chi connectivity index (χ3n) is 12.0. The molecule has 6 heteroatoms. The number of hydrogen-bond donors (Lipinski definition) is 3. The maximum atomic E-state index is 13.2. The Kier molecular flexibility index (Phi) is 50.2. The quantitative estimate of drug-likeness (QED) is 0.0245. The lowest BCUT2D eigenvalue weighted by molar-refractivity contribution is -0.151. The number of amides is 1. The number of rotatable bonds is 48. The van der Waals surface area contributed by atoms with Crippen molar-refractivity contribution in [1.82, 2.24) is 5.32 Å². The van der Waals surface area contributed by atoms with Crippen LogP contribution in [0.4, 0.5) is 0 Å². The fraction of sp³-hybridized carbons (Fsp3) is 0.700. The molecule has 0 radical (unpaired) electrons. The fourth-order valence-corrected chi connectivity index (χ4v) is 7.84. The maximum Gasteiger partial charge on any atom is 0.306 e. The van der Waals surface area contributed by atoms with Gasteiger partial charge in [-0.15, -0.1) is 0 Å². The van der Waals surface area contributed by atoms with Crippen molar-refractivity contribution in [3.8, 4) is 0 Å². The van der Waals surface area contributed by atoms with Crippen molar-refractivity contribution in [2.45, 2.75) is 264 Å². The molecule has 0 aliphatic carbocycles. The van der Waals surface area contributed by atoms with Gasteiger partial charge in [-0.05, 0) is 89.9 Å². The summed E-state index contributed by atoms with van der Waals surface area (Å²) in [6, 6.07) is -0.728. The number of unbranched alkanes of at least 4 members (excludes halogenated alkanes) is 23. The van der Waals surface area contributed by atoms with E-state index in [2.05, 4.69) is 117 Å². The van der Waals surface area contributed by atoms with E-state index in [9.17, 15) is 19.8 Å². The summed E-state index contributed by atoms with van der Waals surface area (Å²) in [4.78, 5) is 26.2. The second-order valence-electron chi connectivity index (χ2n) is 18.3. The summed E-state index contributed by atoms with van der Waals surface area (Å²) in [6.07, 6.45) is 70.3. The van der Waals surface area contributed by atoms with Crippen molar-refractivity contribution >= 4 is 11.9 Å². The first-order valence-corrected chi connectivity index (χ1v) is 27.5. The topological polar surface area (TPSA) is 95.9 Å². The Morgan fingerprint density at radius 3 is 1.41 bits per heavy atom. The van der Waals surface area contributed by atoms with Crippen LogP contribution in [-0.2, 0) is 14.3 Å². The minimum Gasteiger partial charge on any atom is -0.462 e. The third kappa shape index (κ3) is 47.3. The van der Waals surface area contributed by atoms with Crippen molar-refractivity contribution < 1.29 is 24.5 Å². The molecule has 3 atom stereocenters. The predicted molar refractivity (Wildman–Crippen MR) is 287 cm³/mol. The summed E-state index contributed by atoms with van der Waals surface area (Å²) in [5, 5.41) is 23.8. The average molecular weight is 918 g/mol. The highest BCUT2D eigenvalue weighted by Gasteiger charge is 2.24. The highest BCUT2D eigenvalue weighted by molar-refractivity contribution is 5.77. The van der Waals surface area contributed by atoms with E-state index in [4.69, 9.17) is 4.74 Å². The van der Waals surface area contributed by atoms with Crippen molar-refractivity contribution in [2.75, 3.05) is 6.61 Å². The number of hydrogen-bond acceptors (Lipinski definition) is 5. The highest BCUT2D eigenvalue weighted by Crippen LogP contribution is 2.17. The van der Waals surface area contributed by atoms with Gasteiger partial charge < -0.3 is 20.3 Å². The number of allylic oxidation sites excluding steroid dienone is 16. The zero-order valence-electron chi connectivity index (χ0n) is 43.0. The largest absolute Gasteiger partial charge is 0.462 e. The van der Waals surface area contributed by atoms with Crippen LogP contribution in [0.5, 0.6) is 0 Å². The molecule has 0 saturated heterocycles. The van der Waals surface area contributed by atoms with E-state index in [-0.39, 0.29) is 24.9 Å². The Morgan fingerprint density at radius 1 is 0.470 bits per heavy atom. The van der Waals surface area contributed by atoms with Gasteiger partial charge in [-0.25, -0.2) is 0 Å². The van der Waals surface area contributed by atoms with E-state index >= 15 is 0 Å². The Labute approximate surface area is 407 Å². The first-order valence-electron chi connectivity index (χ1n) is 27.5. The lowest BCUT2D eigenvalue weighted by atomic mass is 10.0. The van der Waals surface area contributed by atoms with Gasteiger partial charge in [0.1, 0.15) is 6.10 Å². The fourth-order valence-electron chi connectivity index (χ4n) is 7.84. The van der Waals surface area contributed by atoms with Crippen molar-refractivity contribution in [1.29, 1.82) is 0 Å². The van der Waals surface area contributed by atoms with Crippen LogP contribution >= 0.6 is 0 Å². The Morgan fingerprint density at radius 2 is 0.879 bits per heavy atom. The van der Waals surface area contributed by atoms with E-state index in [1.807, 2.05) is 6.08 Å². The Bertz CT molecular complexity index is 1310. The molecule has 0 aromatic rings. The van der Waals surface area contributed by atoms with Crippen LogP contribution in [0.3, 0.4) is 0 Å². The lowest BCUT2D eigenvalue weighted by Gasteiger charge is -2.24. The maximum absolute atomic E-state index is 13.2. The average Bonchev–Trinajstić information content (AvgIpc) is 3.31. The summed E-state index contributed by atoms with van der Waals surface area (Å²) in [6.45, 7) is 6.32. The summed E-state index contributed by atoms with van der Waals surface area (Å²) in [7, 11) is 0. The Balaban J connectivity index is 4.72. The number of carbonyl (C=O) groups excluding carboxylic acids is 2. The normalized spacial score (nSPS) is 14.0. The van der Waals surface area contributed by atoms with Gasteiger partial charge in [-0.3, -0.25) is 9.59 Å². The minimum atomic E-state index is -0.810. The Hall–Kier alpha value is -3.22. The van der Waals surface area contributed by atoms with Gasteiger partial charge in [0.15, 0.2) is 0 Å². The van der Waals surface area contributed by atoms with Crippen LogP contribution < -0.4 is 5.32 Å². The van der Waals surface area contributed by atoms with Crippen LogP contribution in [0.1, 0.15) is 245 Å². The van der Waals surface area contributed by atoms with Gasteiger partial charge in [0.2, 0.25) is 5.91 Å². The van der Waals surface area contributed by atoms with E-state index in [0.717, 1.165) is 103 Å². The molecule has 0 aliphatic heterocycles. The molecule has 0 aromatic carbocycles. The highest BCUT2D eigenvalue weighted by atomic mass is 16.5. The second kappa shape index (κ2) is 52.7. The van der Waals surface area contributed by atoms with Gasteiger partial charge in [0, 0.05) is 6.42 Å². The first-order chi connectivity index (χ1) is 32.5. The molecule has 6 nitrogen and oxygen atoms in total. The zero-order valence-corrected chi connectivity index (χ0v) is 43.0. The van der Waals surface area contributed by atoms with E-state index in [0.29, 0.717) is 19.3 Å². The van der Waals surface area contributed by atoms with E-state index in [1.165, 1.54) is 96.3 Å². The van der Waals surface area contributed by atoms with Gasteiger partial charge >= 0.3 is 5.97 Å². The molecule has 0 bridgehead atoms. The monoisotopic (exact) mass is 918 g/mol. The standard InChI is InChI=1S/C60H103NO5/c1-4-7-10-13-16-19-22-25-28-31-33-36-39-42-45-48-51-56(66-60(65)53-50-47-44-41-38-35-32-29-26-23-20-17-14-11-8-5-2)54-59(64)61-57(55-62)58(63)52-49-46-43-40-37-34-30-27-24-21-18-15-12-9-6-3/h8,11,16-17,19-20,22,25-26,28-29,31,33,35-36,38,56-58,62-63H,4-7,9-10,12-15,18,21,23-24,27,30,32,34,37,39-55H2,1-3H3,(H,61,64)/b11-8+,19-16+,20-17+,25-22+,29-26+,31-28+,36-33+,38-35+. The molecule has 0 aliphatic rings. The number of esters is 1. The SMILES string of the molecule is CC/C=C/C/C=C/C/C=C/C/C=C/CCCCCC(=O)OC(CCCCC/C=C/C=C/C=C/C=C/CCCCC)CC(=O)NC(CO)C(O)CCCCCCCCCCCCCCCCC. The summed E-state index contributed by atoms with van der Waals surface area (Å²) >= 11 is 0. The molecule has 378 valence electrons. The van der Waals surface area contributed by atoms with Gasteiger partial charge in [-0.1, -0.05) is 240 Å². The van der Waals surface area contributed by atoms with E-state index in [1.54, 1.807) is 0 Å². The van der Waals surface area contributed by atoms with Crippen LogP contribution in [-0.4, -0.2) is 46.9 Å². The molecule has 3 N–H and O–H groups in total. The molecule has 0 fully saturated rings. The van der Waals surface area contributed by atoms with Crippen LogP contribution in [0.15, 0.2) is 97.2 Å². The minimum absolute atomic E-state index is 0.0336. The smallest absolute Gasteiger partial charge is 0.306 e. The van der Waals surface area contributed by atoms with Crippen LogP contribution in [0.2, 0.25) is 0 Å². The summed E-state index contributed by atoms with van der Waals surface area (Å²) in [5.41, 5.74) is 0. The third-order valence-corrected chi connectivity index (χ3v) is 12.0. The lowest BCUT2D eigenvalue weighted by Crippen LogP contribution is -2.46. The molecule has 0 rings (SSSR count). The number of aliphatic hydroxyl groups is 2. The summed E-state index contributed by atoms with van der Waals surface area (Å²) in [5.74, 6) is -0.553. The number of nitrogens with one attached hydrogen (secondary N) is 1. The molecule has 0 spiro atoms. The van der Waals surface area contributed by atoms with Crippen molar-refractivity contribution in [2.24, 2.45) is 0 Å². The zero-order chi connectivity index (χ0) is 48.1. The first kappa shape index (κ1) is 62.8. The molecule has 0 heterocycles.